The fourth-order valence-corrected chi connectivity index (χ4v) is 4.26. The standard InChI is InChI=1S/C13H25NO5S/c1-2-19-13(16)8-11-20(17,18)14(9-10-15)12-6-4-3-5-7-12/h12,15H,2-11H2,1H3. The Bertz CT molecular complexity index is 390. The number of nitrogens with zero attached hydrogens (tertiary/aromatic N) is 1. The number of carbonyl (C=O) groups is 1. The number of hydrogen-bond donors (Lipinski definition) is 1. The summed E-state index contributed by atoms with van der Waals surface area (Å²) in [5, 5.41) is 9.09. The molecule has 0 saturated heterocycles. The number of rotatable bonds is 8. The molecular weight excluding hydrogens is 282 g/mol. The van der Waals surface area contributed by atoms with Gasteiger partial charge in [-0.15, -0.1) is 0 Å². The summed E-state index contributed by atoms with van der Waals surface area (Å²) in [6.45, 7) is 1.85. The van der Waals surface area contributed by atoms with Crippen LogP contribution >= 0.6 is 0 Å². The molecule has 0 heterocycles. The van der Waals surface area contributed by atoms with E-state index in [1.165, 1.54) is 4.31 Å². The van der Waals surface area contributed by atoms with Gasteiger partial charge in [-0.3, -0.25) is 4.79 Å². The Balaban J connectivity index is 2.65. The molecule has 7 heteroatoms. The normalized spacial score (nSPS) is 17.4. The van der Waals surface area contributed by atoms with E-state index in [2.05, 4.69) is 0 Å². The fourth-order valence-electron chi connectivity index (χ4n) is 2.58. The highest BCUT2D eigenvalue weighted by molar-refractivity contribution is 7.89. The molecule has 1 N–H and O–H groups in total. The molecule has 0 spiro atoms. The van der Waals surface area contributed by atoms with Crippen molar-refractivity contribution in [1.29, 1.82) is 0 Å². The second-order valence-corrected chi connectivity index (χ2v) is 7.04. The van der Waals surface area contributed by atoms with Crippen LogP contribution in [0, 0.1) is 0 Å². The van der Waals surface area contributed by atoms with E-state index in [1.54, 1.807) is 6.92 Å². The van der Waals surface area contributed by atoms with Crippen molar-refractivity contribution in [2.75, 3.05) is 25.5 Å². The van der Waals surface area contributed by atoms with Crippen LogP contribution in [0.25, 0.3) is 0 Å². The van der Waals surface area contributed by atoms with E-state index < -0.39 is 16.0 Å². The second-order valence-electron chi connectivity index (χ2n) is 5.00. The first-order valence-electron chi connectivity index (χ1n) is 7.27. The van der Waals surface area contributed by atoms with Crippen LogP contribution in [0.4, 0.5) is 0 Å². The summed E-state index contributed by atoms with van der Waals surface area (Å²) in [5.41, 5.74) is 0. The van der Waals surface area contributed by atoms with Crippen LogP contribution in [-0.2, 0) is 19.6 Å². The van der Waals surface area contributed by atoms with Gasteiger partial charge in [0.1, 0.15) is 0 Å². The van der Waals surface area contributed by atoms with Crippen LogP contribution < -0.4 is 0 Å². The van der Waals surface area contributed by atoms with Crippen LogP contribution in [0.1, 0.15) is 45.4 Å². The maximum Gasteiger partial charge on any atom is 0.306 e. The summed E-state index contributed by atoms with van der Waals surface area (Å²) < 4.78 is 30.8. The number of sulfonamides is 1. The first-order chi connectivity index (χ1) is 9.51. The number of ether oxygens (including phenoxy) is 1. The third-order valence-electron chi connectivity index (χ3n) is 3.53. The van der Waals surface area contributed by atoms with Crippen LogP contribution in [0.5, 0.6) is 0 Å². The van der Waals surface area contributed by atoms with Crippen LogP contribution in [-0.4, -0.2) is 55.4 Å². The van der Waals surface area contributed by atoms with Gasteiger partial charge in [0.2, 0.25) is 10.0 Å². The monoisotopic (exact) mass is 307 g/mol. The molecule has 0 atom stereocenters. The zero-order valence-corrected chi connectivity index (χ0v) is 12.9. The smallest absolute Gasteiger partial charge is 0.306 e. The SMILES string of the molecule is CCOC(=O)CCS(=O)(=O)N(CCO)C1CCCCC1. The molecule has 1 aliphatic rings. The van der Waals surface area contributed by atoms with E-state index in [1.807, 2.05) is 0 Å². The second kappa shape index (κ2) is 8.59. The summed E-state index contributed by atoms with van der Waals surface area (Å²) in [4.78, 5) is 11.3. The predicted molar refractivity (Wildman–Crippen MR) is 75.7 cm³/mol. The minimum absolute atomic E-state index is 0.0388. The van der Waals surface area contributed by atoms with Gasteiger partial charge in [-0.25, -0.2) is 8.42 Å². The summed E-state index contributed by atoms with van der Waals surface area (Å²) in [5.74, 6) is -0.744. The first kappa shape index (κ1) is 17.4. The lowest BCUT2D eigenvalue weighted by Gasteiger charge is -2.32. The molecule has 1 aliphatic carbocycles. The first-order valence-corrected chi connectivity index (χ1v) is 8.88. The van der Waals surface area contributed by atoms with Gasteiger partial charge in [-0.2, -0.15) is 4.31 Å². The zero-order chi connectivity index (χ0) is 15.0. The van der Waals surface area contributed by atoms with Crippen LogP contribution in [0.15, 0.2) is 0 Å². The maximum atomic E-state index is 12.3. The van der Waals surface area contributed by atoms with Crippen molar-refractivity contribution in [1.82, 2.24) is 4.31 Å². The molecule has 0 aliphatic heterocycles. The highest BCUT2D eigenvalue weighted by Gasteiger charge is 2.30. The third kappa shape index (κ3) is 5.38. The molecule has 0 aromatic heterocycles. The molecule has 118 valence electrons. The molecule has 6 nitrogen and oxygen atoms in total. The molecule has 20 heavy (non-hydrogen) atoms. The minimum atomic E-state index is -3.53. The topological polar surface area (TPSA) is 83.9 Å². The number of carbonyl (C=O) groups excluding carboxylic acids is 1. The van der Waals surface area contributed by atoms with Crippen molar-refractivity contribution >= 4 is 16.0 Å². The molecule has 0 bridgehead atoms. The maximum absolute atomic E-state index is 12.3. The van der Waals surface area contributed by atoms with Gasteiger partial charge in [0, 0.05) is 12.6 Å². The lowest BCUT2D eigenvalue weighted by molar-refractivity contribution is -0.142. The molecule has 0 unspecified atom stereocenters. The molecule has 1 fully saturated rings. The van der Waals surface area contributed by atoms with Crippen molar-refractivity contribution in [3.63, 3.8) is 0 Å². The molecule has 0 radical (unpaired) electrons. The van der Waals surface area contributed by atoms with Crippen molar-refractivity contribution in [2.24, 2.45) is 0 Å². The Hall–Kier alpha value is -0.660. The van der Waals surface area contributed by atoms with Crippen LogP contribution in [0.2, 0.25) is 0 Å². The minimum Gasteiger partial charge on any atom is -0.466 e. The quantitative estimate of drug-likeness (QED) is 0.673. The molecule has 0 aromatic rings. The van der Waals surface area contributed by atoms with Gasteiger partial charge in [-0.1, -0.05) is 19.3 Å². The van der Waals surface area contributed by atoms with Crippen molar-refractivity contribution < 1.29 is 23.1 Å². The van der Waals surface area contributed by atoms with Gasteiger partial charge < -0.3 is 9.84 Å². The zero-order valence-electron chi connectivity index (χ0n) is 12.1. The Morgan fingerprint density at radius 1 is 1.30 bits per heavy atom. The summed E-state index contributed by atoms with van der Waals surface area (Å²) in [7, 11) is -3.53. The third-order valence-corrected chi connectivity index (χ3v) is 5.44. The molecular formula is C13H25NO5S. The van der Waals surface area contributed by atoms with Crippen molar-refractivity contribution in [2.45, 2.75) is 51.5 Å². The van der Waals surface area contributed by atoms with Crippen molar-refractivity contribution in [3.8, 4) is 0 Å². The Kier molecular flexibility index (Phi) is 7.47. The average molecular weight is 307 g/mol. The number of aliphatic hydroxyl groups excluding tert-OH is 1. The fraction of sp³-hybridized carbons (Fsp3) is 0.923. The van der Waals surface area contributed by atoms with E-state index in [9.17, 15) is 13.2 Å². The van der Waals surface area contributed by atoms with Gasteiger partial charge in [-0.05, 0) is 19.8 Å². The lowest BCUT2D eigenvalue weighted by Crippen LogP contribution is -2.44. The highest BCUT2D eigenvalue weighted by Crippen LogP contribution is 2.25. The van der Waals surface area contributed by atoms with Gasteiger partial charge in [0.05, 0.1) is 25.4 Å². The highest BCUT2D eigenvalue weighted by atomic mass is 32.2. The van der Waals surface area contributed by atoms with Gasteiger partial charge in [0.25, 0.3) is 0 Å². The molecule has 1 saturated carbocycles. The number of aliphatic hydroxyl groups is 1. The van der Waals surface area contributed by atoms with E-state index >= 15 is 0 Å². The van der Waals surface area contributed by atoms with E-state index in [4.69, 9.17) is 9.84 Å². The van der Waals surface area contributed by atoms with Crippen molar-refractivity contribution in [3.05, 3.63) is 0 Å². The van der Waals surface area contributed by atoms with E-state index in [-0.39, 0.29) is 38.0 Å². The van der Waals surface area contributed by atoms with Gasteiger partial charge in [0.15, 0.2) is 0 Å². The summed E-state index contributed by atoms with van der Waals surface area (Å²) >= 11 is 0. The van der Waals surface area contributed by atoms with Gasteiger partial charge >= 0.3 is 5.97 Å². The average Bonchev–Trinajstić information content (AvgIpc) is 2.44. The molecule has 0 aromatic carbocycles. The Labute approximate surface area is 121 Å². The summed E-state index contributed by atoms with van der Waals surface area (Å²) in [6.07, 6.45) is 4.69. The lowest BCUT2D eigenvalue weighted by atomic mass is 9.95. The molecule has 1 rings (SSSR count). The number of hydrogen-bond acceptors (Lipinski definition) is 5. The summed E-state index contributed by atoms with van der Waals surface area (Å²) in [6, 6.07) is -0.0388. The Morgan fingerprint density at radius 3 is 2.50 bits per heavy atom. The molecule has 0 amide bonds. The number of esters is 1. The largest absolute Gasteiger partial charge is 0.466 e. The van der Waals surface area contributed by atoms with E-state index in [0.29, 0.717) is 0 Å². The van der Waals surface area contributed by atoms with E-state index in [0.717, 1.165) is 32.1 Å². The van der Waals surface area contributed by atoms with Crippen LogP contribution in [0.3, 0.4) is 0 Å². The Morgan fingerprint density at radius 2 is 1.95 bits per heavy atom. The predicted octanol–water partition coefficient (Wildman–Crippen LogP) is 0.896.